The topological polar surface area (TPSA) is 38.7 Å². The Morgan fingerprint density at radius 1 is 1.29 bits per heavy atom. The molecule has 0 unspecified atom stereocenters. The van der Waals surface area contributed by atoms with Gasteiger partial charge in [0.25, 0.3) is 0 Å². The first-order chi connectivity index (χ1) is 7.91. The maximum atomic E-state index is 11.3. The molecule has 0 bridgehead atoms. The van der Waals surface area contributed by atoms with Gasteiger partial charge in [-0.25, -0.2) is 4.79 Å². The third-order valence-corrected chi connectivity index (χ3v) is 2.04. The molecule has 0 spiro atoms. The molecule has 0 aliphatic rings. The van der Waals surface area contributed by atoms with E-state index in [-0.39, 0.29) is 5.41 Å². The highest BCUT2D eigenvalue weighted by molar-refractivity contribution is 6.08. The monoisotopic (exact) mass is 237 g/mol. The van der Waals surface area contributed by atoms with Gasteiger partial charge in [-0.2, -0.15) is 4.99 Å². The Labute approximate surface area is 105 Å². The van der Waals surface area contributed by atoms with Crippen LogP contribution >= 0.6 is 0 Å². The Morgan fingerprint density at radius 2 is 1.94 bits per heavy atom. The van der Waals surface area contributed by atoms with Crippen molar-refractivity contribution in [2.24, 2.45) is 10.4 Å². The lowest BCUT2D eigenvalue weighted by molar-refractivity contribution is 0.163. The van der Waals surface area contributed by atoms with Crippen LogP contribution in [0.2, 0.25) is 0 Å². The van der Waals surface area contributed by atoms with Crippen molar-refractivity contribution < 1.29 is 9.53 Å². The number of rotatable bonds is 3. The number of ether oxygens (including phenoxy) is 1. The summed E-state index contributed by atoms with van der Waals surface area (Å²) in [5.41, 5.74) is 0.360. The van der Waals surface area contributed by atoms with E-state index in [2.05, 4.69) is 23.8 Å². The van der Waals surface area contributed by atoms with Crippen LogP contribution in [0.25, 0.3) is 0 Å². The van der Waals surface area contributed by atoms with Crippen LogP contribution in [0.4, 0.5) is 4.79 Å². The number of unbranched alkanes of at least 4 members (excludes halogenated alkanes) is 2. The molecule has 0 heterocycles. The zero-order chi connectivity index (χ0) is 13.3. The lowest BCUT2D eigenvalue weighted by atomic mass is 9.90. The van der Waals surface area contributed by atoms with Gasteiger partial charge >= 0.3 is 6.09 Å². The van der Waals surface area contributed by atoms with E-state index in [1.807, 2.05) is 20.8 Å². The van der Waals surface area contributed by atoms with Gasteiger partial charge in [-0.05, 0) is 13.3 Å². The molecule has 0 N–H and O–H groups in total. The third-order valence-electron chi connectivity index (χ3n) is 2.04. The van der Waals surface area contributed by atoms with Crippen LogP contribution in [0, 0.1) is 17.3 Å². The number of nitrogens with zero attached hydrogens (tertiary/aromatic N) is 1. The van der Waals surface area contributed by atoms with E-state index in [9.17, 15) is 4.79 Å². The SMILES string of the molecule is CCCCC#C/C(=N\C(=O)OCC)C(C)(C)C. The van der Waals surface area contributed by atoms with Crippen LogP contribution in [-0.2, 0) is 4.74 Å². The fourth-order valence-corrected chi connectivity index (χ4v) is 1.04. The normalized spacial score (nSPS) is 11.7. The zero-order valence-corrected chi connectivity index (χ0v) is 11.6. The summed E-state index contributed by atoms with van der Waals surface area (Å²) < 4.78 is 4.80. The highest BCUT2D eigenvalue weighted by Gasteiger charge is 2.18. The van der Waals surface area contributed by atoms with Gasteiger partial charge in [0.05, 0.1) is 6.61 Å². The first-order valence-electron chi connectivity index (χ1n) is 6.16. The second-order valence-corrected chi connectivity index (χ2v) is 4.81. The molecule has 0 radical (unpaired) electrons. The van der Waals surface area contributed by atoms with Gasteiger partial charge in [-0.3, -0.25) is 0 Å². The van der Waals surface area contributed by atoms with E-state index in [1.54, 1.807) is 6.92 Å². The van der Waals surface area contributed by atoms with Gasteiger partial charge in [0.15, 0.2) is 0 Å². The predicted octanol–water partition coefficient (Wildman–Crippen LogP) is 3.82. The number of carbonyl (C=O) groups excluding carboxylic acids is 1. The Kier molecular flexibility index (Phi) is 7.29. The summed E-state index contributed by atoms with van der Waals surface area (Å²) in [6, 6.07) is 0. The number of carbonyl (C=O) groups is 1. The molecule has 0 saturated heterocycles. The predicted molar refractivity (Wildman–Crippen MR) is 71.2 cm³/mol. The molecule has 0 aliphatic heterocycles. The zero-order valence-electron chi connectivity index (χ0n) is 11.6. The molecule has 17 heavy (non-hydrogen) atoms. The van der Waals surface area contributed by atoms with E-state index in [4.69, 9.17) is 4.74 Å². The molecule has 0 rings (SSSR count). The second-order valence-electron chi connectivity index (χ2n) is 4.81. The highest BCUT2D eigenvalue weighted by Crippen LogP contribution is 2.16. The minimum absolute atomic E-state index is 0.230. The number of aliphatic imine (C=N–C) groups is 1. The van der Waals surface area contributed by atoms with Crippen molar-refractivity contribution in [3.63, 3.8) is 0 Å². The average Bonchev–Trinajstić information content (AvgIpc) is 2.21. The molecule has 0 fully saturated rings. The van der Waals surface area contributed by atoms with Crippen LogP contribution in [0.1, 0.15) is 53.9 Å². The van der Waals surface area contributed by atoms with E-state index in [0.717, 1.165) is 19.3 Å². The molecule has 96 valence electrons. The van der Waals surface area contributed by atoms with Crippen molar-refractivity contribution in [3.05, 3.63) is 0 Å². The summed E-state index contributed by atoms with van der Waals surface area (Å²) in [7, 11) is 0. The van der Waals surface area contributed by atoms with E-state index < -0.39 is 6.09 Å². The summed E-state index contributed by atoms with van der Waals surface area (Å²) >= 11 is 0. The van der Waals surface area contributed by atoms with Crippen LogP contribution in [0.15, 0.2) is 4.99 Å². The summed E-state index contributed by atoms with van der Waals surface area (Å²) in [6.45, 7) is 10.2. The molecule has 3 nitrogen and oxygen atoms in total. The van der Waals surface area contributed by atoms with Crippen LogP contribution in [0.5, 0.6) is 0 Å². The Hall–Kier alpha value is -1.30. The van der Waals surface area contributed by atoms with Crippen LogP contribution in [-0.4, -0.2) is 18.4 Å². The minimum Gasteiger partial charge on any atom is -0.448 e. The average molecular weight is 237 g/mol. The van der Waals surface area contributed by atoms with Crippen molar-refractivity contribution >= 4 is 11.8 Å². The van der Waals surface area contributed by atoms with Gasteiger partial charge in [-0.1, -0.05) is 46.0 Å². The Morgan fingerprint density at radius 3 is 2.41 bits per heavy atom. The summed E-state index contributed by atoms with van der Waals surface area (Å²) in [5, 5.41) is 0. The smallest absolute Gasteiger partial charge is 0.434 e. The molecule has 0 aromatic heterocycles. The third kappa shape index (κ3) is 7.57. The van der Waals surface area contributed by atoms with Gasteiger partial charge < -0.3 is 4.74 Å². The van der Waals surface area contributed by atoms with E-state index in [1.165, 1.54) is 0 Å². The largest absolute Gasteiger partial charge is 0.448 e. The van der Waals surface area contributed by atoms with Gasteiger partial charge in [-0.15, -0.1) is 0 Å². The van der Waals surface area contributed by atoms with E-state index >= 15 is 0 Å². The number of hydrogen-bond donors (Lipinski definition) is 0. The van der Waals surface area contributed by atoms with E-state index in [0.29, 0.717) is 12.3 Å². The second kappa shape index (κ2) is 7.89. The fourth-order valence-electron chi connectivity index (χ4n) is 1.04. The van der Waals surface area contributed by atoms with Gasteiger partial charge in [0.2, 0.25) is 0 Å². The number of hydrogen-bond acceptors (Lipinski definition) is 2. The Balaban J connectivity index is 4.76. The quantitative estimate of drug-likeness (QED) is 0.425. The minimum atomic E-state index is -0.554. The fraction of sp³-hybridized carbons (Fsp3) is 0.714. The van der Waals surface area contributed by atoms with Crippen LogP contribution in [0.3, 0.4) is 0 Å². The highest BCUT2D eigenvalue weighted by atomic mass is 16.5. The molecular formula is C14H23NO2. The molecule has 0 saturated carbocycles. The summed E-state index contributed by atoms with van der Waals surface area (Å²) in [6.07, 6.45) is 2.48. The lowest BCUT2D eigenvalue weighted by Gasteiger charge is -2.16. The Bertz CT molecular complexity index is 326. The first-order valence-corrected chi connectivity index (χ1v) is 6.16. The van der Waals surface area contributed by atoms with Crippen molar-refractivity contribution in [1.29, 1.82) is 0 Å². The van der Waals surface area contributed by atoms with Gasteiger partial charge in [0.1, 0.15) is 5.71 Å². The van der Waals surface area contributed by atoms with Crippen molar-refractivity contribution in [2.75, 3.05) is 6.61 Å². The van der Waals surface area contributed by atoms with Crippen molar-refractivity contribution in [1.82, 2.24) is 0 Å². The molecule has 0 aliphatic carbocycles. The van der Waals surface area contributed by atoms with Crippen molar-refractivity contribution in [3.8, 4) is 11.8 Å². The molecule has 0 aromatic carbocycles. The molecule has 3 heteroatoms. The molecule has 1 amide bonds. The summed E-state index contributed by atoms with van der Waals surface area (Å²) in [5.74, 6) is 6.03. The lowest BCUT2D eigenvalue weighted by Crippen LogP contribution is -2.20. The van der Waals surface area contributed by atoms with Crippen molar-refractivity contribution in [2.45, 2.75) is 53.9 Å². The van der Waals surface area contributed by atoms with Gasteiger partial charge in [0, 0.05) is 11.8 Å². The van der Waals surface area contributed by atoms with Crippen LogP contribution < -0.4 is 0 Å². The maximum Gasteiger partial charge on any atom is 0.434 e. The molecule has 0 aromatic rings. The number of amides is 1. The molecule has 0 atom stereocenters. The first kappa shape index (κ1) is 15.7. The standard InChI is InChI=1S/C14H23NO2/c1-6-8-9-10-11-12(14(3,4)5)15-13(16)17-7-2/h6-9H2,1-5H3/b15-12+. The maximum absolute atomic E-state index is 11.3. The summed E-state index contributed by atoms with van der Waals surface area (Å²) in [4.78, 5) is 15.2. The molecular weight excluding hydrogens is 214 g/mol.